The molecule has 0 amide bonds. The molecule has 0 fully saturated rings. The Labute approximate surface area is 334 Å². The van der Waals surface area contributed by atoms with Crippen LogP contribution in [-0.2, 0) is 5.41 Å². The van der Waals surface area contributed by atoms with E-state index >= 15 is 0 Å². The fourth-order valence-electron chi connectivity index (χ4n) is 6.27. The molecule has 10 heteroatoms. The first-order valence-electron chi connectivity index (χ1n) is 19.0. The van der Waals surface area contributed by atoms with Crippen LogP contribution in [0.25, 0.3) is 78.5 Å². The summed E-state index contributed by atoms with van der Waals surface area (Å²) in [6, 6.07) is 55.4. The van der Waals surface area contributed by atoms with Crippen LogP contribution in [0.5, 0.6) is 0 Å². The monoisotopic (exact) mass is 749 g/mol. The van der Waals surface area contributed by atoms with Crippen molar-refractivity contribution in [3.63, 3.8) is 0 Å². The summed E-state index contributed by atoms with van der Waals surface area (Å²) in [6.45, 7) is 6.60. The summed E-state index contributed by atoms with van der Waals surface area (Å²) in [7, 11) is 4.88. The molecule has 0 aliphatic rings. The second-order valence-electron chi connectivity index (χ2n) is 13.6. The zero-order valence-corrected chi connectivity index (χ0v) is 32.3. The SMILES string of the molecule is CC(C)(C)c1ccc(-c2nnc(-c3ccc(-c4ccccc4)cc3)o2)cc1.[2H]B=N.[2H]P[B].c1ccc2c(-c3nnc(-c4cccc5ccccc45)o3)cccc2c1. The van der Waals surface area contributed by atoms with E-state index in [2.05, 4.69) is 122 Å². The number of benzene rings is 7. The summed E-state index contributed by atoms with van der Waals surface area (Å²) in [6.07, 6.45) is 0. The second-order valence-corrected chi connectivity index (χ2v) is 13.6. The van der Waals surface area contributed by atoms with Crippen molar-refractivity contribution in [2.45, 2.75) is 26.2 Å². The van der Waals surface area contributed by atoms with Crippen LogP contribution >= 0.6 is 9.06 Å². The zero-order valence-electron chi connectivity index (χ0n) is 33.3. The van der Waals surface area contributed by atoms with Gasteiger partial charge in [-0.1, -0.05) is 148 Å². The van der Waals surface area contributed by atoms with Crippen molar-refractivity contribution in [3.05, 3.63) is 169 Å². The van der Waals surface area contributed by atoms with Gasteiger partial charge in [0.15, 0.2) is 0 Å². The molecule has 2 radical (unpaired) electrons. The van der Waals surface area contributed by atoms with Crippen LogP contribution < -0.4 is 0 Å². The predicted octanol–water partition coefficient (Wildman–Crippen LogP) is 11.7. The molecule has 9 aromatic rings. The Bertz CT molecular complexity index is 2600. The Hall–Kier alpha value is -6.30. The average Bonchev–Trinajstić information content (AvgIpc) is 3.96. The minimum Gasteiger partial charge on any atom is -0.416 e. The first kappa shape index (κ1) is 36.7. The van der Waals surface area contributed by atoms with Gasteiger partial charge in [-0.15, -0.1) is 20.4 Å². The van der Waals surface area contributed by atoms with Gasteiger partial charge in [0.25, 0.3) is 0 Å². The number of hydrogen-bond donors (Lipinski definition) is 1. The van der Waals surface area contributed by atoms with Crippen molar-refractivity contribution in [1.29, 1.82) is 7.93 Å². The maximum atomic E-state index is 6.05. The van der Waals surface area contributed by atoms with Gasteiger partial charge < -0.3 is 8.83 Å². The number of nitrogens with zero attached hydrogens (tertiary/aromatic N) is 4. The predicted molar refractivity (Wildman–Crippen MR) is 235 cm³/mol. The van der Waals surface area contributed by atoms with E-state index in [1.807, 2.05) is 91.0 Å². The first-order chi connectivity index (χ1) is 28.2. The van der Waals surface area contributed by atoms with Crippen molar-refractivity contribution >= 4 is 45.8 Å². The third-order valence-corrected chi connectivity index (χ3v) is 9.13. The van der Waals surface area contributed by atoms with Crippen LogP contribution in [0.15, 0.2) is 173 Å². The molecular weight excluding hydrogens is 707 g/mol. The average molecular weight is 749 g/mol. The third kappa shape index (κ3) is 8.97. The quantitative estimate of drug-likeness (QED) is 0.139. The van der Waals surface area contributed by atoms with Crippen molar-refractivity contribution in [3.8, 4) is 56.9 Å². The Kier molecular flexibility index (Phi) is 12.0. The Morgan fingerprint density at radius 1 is 0.518 bits per heavy atom. The molecule has 2 aromatic heterocycles. The van der Waals surface area contributed by atoms with Crippen LogP contribution in [0.3, 0.4) is 0 Å². The van der Waals surface area contributed by atoms with Crippen molar-refractivity contribution in [1.82, 2.24) is 20.4 Å². The van der Waals surface area contributed by atoms with E-state index in [1.54, 1.807) is 0 Å². The summed E-state index contributed by atoms with van der Waals surface area (Å²) >= 11 is 0. The summed E-state index contributed by atoms with van der Waals surface area (Å²) in [5.74, 6) is 2.15. The minimum absolute atomic E-state index is 0.124. The van der Waals surface area contributed by atoms with Crippen molar-refractivity contribution in [2.75, 3.05) is 0 Å². The zero-order chi connectivity index (χ0) is 40.9. The molecular formula is C46H40B2N5O2P. The van der Waals surface area contributed by atoms with E-state index in [0.717, 1.165) is 49.4 Å². The van der Waals surface area contributed by atoms with Gasteiger partial charge in [-0.25, -0.2) is 0 Å². The van der Waals surface area contributed by atoms with Gasteiger partial charge >= 0.3 is 14.3 Å². The Morgan fingerprint density at radius 2 is 0.875 bits per heavy atom. The summed E-state index contributed by atoms with van der Waals surface area (Å²) in [4.78, 5) is 0. The smallest absolute Gasteiger partial charge is 0.248 e. The molecule has 0 spiro atoms. The molecule has 0 aliphatic heterocycles. The molecule has 9 rings (SSSR count). The number of rotatable bonds is 5. The van der Waals surface area contributed by atoms with Gasteiger partial charge in [0.2, 0.25) is 23.6 Å². The standard InChI is InChI=1S/C24H22N2O.C22H14N2O.BH2N.BH2P/c1-24(2,3)21-15-13-20(14-16-21)23-26-25-22(27-23)19-11-9-18(10-12-19)17-7-5-4-6-8-17;1-3-11-17-15(7-1)9-5-13-19(17)21-23-24-22(25-21)20-14-6-10-16-8-2-4-12-18(16)20;2*1-2/h4-16H,1-3H3;1-14H;1-2H;2H2/i;;1D;2D. The fourth-order valence-corrected chi connectivity index (χ4v) is 6.27. The van der Waals surface area contributed by atoms with Crippen LogP contribution in [-0.4, -0.2) is 38.2 Å². The third-order valence-electron chi connectivity index (χ3n) is 9.13. The van der Waals surface area contributed by atoms with E-state index in [9.17, 15) is 0 Å². The molecule has 2 heterocycles. The molecule has 7 aromatic carbocycles. The molecule has 0 saturated carbocycles. The van der Waals surface area contributed by atoms with Crippen molar-refractivity contribution in [2.24, 2.45) is 0 Å². The van der Waals surface area contributed by atoms with Crippen LogP contribution in [0, 0.1) is 5.31 Å². The van der Waals surface area contributed by atoms with Crippen LogP contribution in [0.2, 0.25) is 0 Å². The largest absolute Gasteiger partial charge is 0.416 e. The van der Waals surface area contributed by atoms with E-state index in [0.29, 0.717) is 31.2 Å². The maximum absolute atomic E-state index is 6.05. The van der Waals surface area contributed by atoms with E-state index in [1.165, 1.54) is 11.1 Å². The Balaban J connectivity index is 0.000000173. The number of hydrogen-bond acceptors (Lipinski definition) is 7. The molecule has 272 valence electrons. The van der Waals surface area contributed by atoms with E-state index < -0.39 is 0 Å². The van der Waals surface area contributed by atoms with Gasteiger partial charge in [0.1, 0.15) is 0 Å². The fraction of sp³-hybridized carbons (Fsp3) is 0.0870. The van der Waals surface area contributed by atoms with Gasteiger partial charge in [-0.05, 0) is 80.0 Å². The number of aromatic nitrogens is 4. The number of fused-ring (bicyclic) bond motifs is 2. The van der Waals surface area contributed by atoms with E-state index in [-0.39, 0.29) is 14.5 Å². The van der Waals surface area contributed by atoms with Crippen LogP contribution in [0.4, 0.5) is 0 Å². The van der Waals surface area contributed by atoms with Crippen molar-refractivity contribution < 1.29 is 8.83 Å². The topological polar surface area (TPSA) is 102 Å². The summed E-state index contributed by atoms with van der Waals surface area (Å²) in [5.41, 5.74) is 7.52. The molecule has 56 heavy (non-hydrogen) atoms. The van der Waals surface area contributed by atoms with Crippen LogP contribution in [0.1, 0.15) is 26.3 Å². The van der Waals surface area contributed by atoms with Gasteiger partial charge in [-0.3, -0.25) is 0 Å². The molecule has 1 N–H and O–H groups in total. The molecule has 0 saturated heterocycles. The van der Waals surface area contributed by atoms with Gasteiger partial charge in [0, 0.05) is 23.5 Å². The normalized spacial score (nSPS) is 11.3. The minimum atomic E-state index is -0.167. The first-order valence-corrected chi connectivity index (χ1v) is 18.5. The van der Waals surface area contributed by atoms with Gasteiger partial charge in [0.05, 0.1) is 7.57 Å². The molecule has 0 bridgehead atoms. The molecule has 1 unspecified atom stereocenters. The summed E-state index contributed by atoms with van der Waals surface area (Å²) in [5, 5.41) is 27.3. The molecule has 7 nitrogen and oxygen atoms in total. The molecule has 1 atom stereocenters. The second kappa shape index (κ2) is 18.4. The Morgan fingerprint density at radius 3 is 1.36 bits per heavy atom. The van der Waals surface area contributed by atoms with Gasteiger partial charge in [-0.2, -0.15) is 9.06 Å². The maximum Gasteiger partial charge on any atom is 0.248 e. The van der Waals surface area contributed by atoms with E-state index in [4.69, 9.17) is 16.8 Å². The molecule has 0 aliphatic carbocycles. The summed E-state index contributed by atoms with van der Waals surface area (Å²) < 4.78 is 23.7. The number of nitrogens with one attached hydrogen (secondary N) is 1.